The van der Waals surface area contributed by atoms with Crippen LogP contribution in [0.15, 0.2) is 47.5 Å². The number of morpholine rings is 1. The molecular weight excluding hydrogens is 454 g/mol. The Morgan fingerprint density at radius 3 is 2.66 bits per heavy atom. The highest BCUT2D eigenvalue weighted by Crippen LogP contribution is 2.27. The minimum absolute atomic E-state index is 0.0520. The van der Waals surface area contributed by atoms with Gasteiger partial charge in [-0.3, -0.25) is 14.4 Å². The number of primary sulfonamides is 1. The third-order valence-corrected chi connectivity index (χ3v) is 6.60. The SMILES string of the molecule is NS(=O)(=O)c1cc(NC(=O)Cc2ccccc2Cl)cc2nn(CCN3CCOCC3)cc12. The Kier molecular flexibility index (Phi) is 6.77. The predicted molar refractivity (Wildman–Crippen MR) is 122 cm³/mol. The zero-order valence-corrected chi connectivity index (χ0v) is 18.9. The molecule has 1 aromatic heterocycles. The average molecular weight is 478 g/mol. The number of carbonyl (C=O) groups excluding carboxylic acids is 1. The van der Waals surface area contributed by atoms with Crippen LogP contribution in [0, 0.1) is 0 Å². The Labute approximate surface area is 191 Å². The van der Waals surface area contributed by atoms with E-state index < -0.39 is 10.0 Å². The van der Waals surface area contributed by atoms with Gasteiger partial charge in [0.1, 0.15) is 0 Å². The van der Waals surface area contributed by atoms with Crippen molar-refractivity contribution in [3.63, 3.8) is 0 Å². The zero-order chi connectivity index (χ0) is 22.7. The summed E-state index contributed by atoms with van der Waals surface area (Å²) < 4.78 is 31.5. The summed E-state index contributed by atoms with van der Waals surface area (Å²) in [5, 5.41) is 13.6. The van der Waals surface area contributed by atoms with Gasteiger partial charge in [0, 0.05) is 41.9 Å². The van der Waals surface area contributed by atoms with Gasteiger partial charge in [-0.15, -0.1) is 0 Å². The molecular formula is C21H24ClN5O4S. The van der Waals surface area contributed by atoms with Gasteiger partial charge in [-0.25, -0.2) is 13.6 Å². The van der Waals surface area contributed by atoms with Gasteiger partial charge in [0.15, 0.2) is 0 Å². The van der Waals surface area contributed by atoms with Gasteiger partial charge in [-0.05, 0) is 23.8 Å². The van der Waals surface area contributed by atoms with Crippen molar-refractivity contribution in [2.45, 2.75) is 17.9 Å². The molecule has 32 heavy (non-hydrogen) atoms. The highest BCUT2D eigenvalue weighted by Gasteiger charge is 2.19. The third-order valence-electron chi connectivity index (χ3n) is 5.28. The van der Waals surface area contributed by atoms with Gasteiger partial charge in [0.2, 0.25) is 15.9 Å². The first-order valence-corrected chi connectivity index (χ1v) is 12.1. The first-order valence-electron chi connectivity index (χ1n) is 10.2. The van der Waals surface area contributed by atoms with Crippen molar-refractivity contribution in [1.29, 1.82) is 0 Å². The summed E-state index contributed by atoms with van der Waals surface area (Å²) >= 11 is 6.12. The van der Waals surface area contributed by atoms with Crippen molar-refractivity contribution >= 4 is 44.1 Å². The number of nitrogens with zero attached hydrogens (tertiary/aromatic N) is 3. The fraction of sp³-hybridized carbons (Fsp3) is 0.333. The molecule has 2 aromatic carbocycles. The van der Waals surface area contributed by atoms with Crippen molar-refractivity contribution in [3.05, 3.63) is 53.2 Å². The lowest BCUT2D eigenvalue weighted by atomic mass is 10.1. The molecule has 1 amide bonds. The first kappa shape index (κ1) is 22.7. The lowest BCUT2D eigenvalue weighted by Gasteiger charge is -2.26. The molecule has 0 unspecified atom stereocenters. The Morgan fingerprint density at radius 1 is 1.19 bits per heavy atom. The van der Waals surface area contributed by atoms with Gasteiger partial charge < -0.3 is 10.1 Å². The van der Waals surface area contributed by atoms with Crippen LogP contribution in [0.5, 0.6) is 0 Å². The molecule has 0 atom stereocenters. The summed E-state index contributed by atoms with van der Waals surface area (Å²) in [6.45, 7) is 4.47. The molecule has 0 radical (unpaired) electrons. The largest absolute Gasteiger partial charge is 0.379 e. The van der Waals surface area contributed by atoms with Gasteiger partial charge in [0.25, 0.3) is 0 Å². The van der Waals surface area contributed by atoms with Gasteiger partial charge >= 0.3 is 0 Å². The van der Waals surface area contributed by atoms with E-state index in [-0.39, 0.29) is 17.2 Å². The van der Waals surface area contributed by atoms with Gasteiger partial charge in [-0.2, -0.15) is 5.10 Å². The molecule has 9 nitrogen and oxygen atoms in total. The summed E-state index contributed by atoms with van der Waals surface area (Å²) in [5.74, 6) is -0.329. The Hall–Kier alpha value is -2.50. The minimum Gasteiger partial charge on any atom is -0.379 e. The van der Waals surface area contributed by atoms with E-state index in [0.717, 1.165) is 19.6 Å². The van der Waals surface area contributed by atoms with Crippen LogP contribution in [0.1, 0.15) is 5.56 Å². The smallest absolute Gasteiger partial charge is 0.238 e. The standard InChI is InChI=1S/C21H24ClN5O4S/c22-18-4-2-1-3-15(18)11-21(28)24-16-12-19-17(20(13-16)32(23,29)30)14-27(25-19)6-5-26-7-9-31-10-8-26/h1-4,12-14H,5-11H2,(H,24,28)(H2,23,29,30). The molecule has 1 aliphatic heterocycles. The van der Waals surface area contributed by atoms with Crippen LogP contribution < -0.4 is 10.5 Å². The normalized spacial score (nSPS) is 15.2. The van der Waals surface area contributed by atoms with E-state index in [9.17, 15) is 13.2 Å². The van der Waals surface area contributed by atoms with Gasteiger partial charge in [-0.1, -0.05) is 29.8 Å². The molecule has 1 fully saturated rings. The number of aromatic nitrogens is 2. The predicted octanol–water partition coefficient (Wildman–Crippen LogP) is 1.85. The highest BCUT2D eigenvalue weighted by atomic mass is 35.5. The molecule has 1 aliphatic rings. The average Bonchev–Trinajstić information content (AvgIpc) is 3.16. The molecule has 11 heteroatoms. The minimum atomic E-state index is -4.03. The highest BCUT2D eigenvalue weighted by molar-refractivity contribution is 7.89. The number of amides is 1. The summed E-state index contributed by atoms with van der Waals surface area (Å²) in [5.41, 5.74) is 1.41. The van der Waals surface area contributed by atoms with E-state index in [0.29, 0.717) is 46.9 Å². The second-order valence-corrected chi connectivity index (χ2v) is 9.55. The molecule has 0 aliphatic carbocycles. The van der Waals surface area contributed by atoms with Crippen LogP contribution >= 0.6 is 11.6 Å². The van der Waals surface area contributed by atoms with E-state index in [1.807, 2.05) is 0 Å². The van der Waals surface area contributed by atoms with Crippen molar-refractivity contribution in [2.24, 2.45) is 5.14 Å². The Bertz CT molecular complexity index is 1240. The number of carbonyl (C=O) groups is 1. The number of benzene rings is 2. The Morgan fingerprint density at radius 2 is 1.94 bits per heavy atom. The summed E-state index contributed by atoms with van der Waals surface area (Å²) in [6.07, 6.45) is 1.72. The van der Waals surface area contributed by atoms with Gasteiger partial charge in [0.05, 0.1) is 36.6 Å². The lowest BCUT2D eigenvalue weighted by Crippen LogP contribution is -2.38. The van der Waals surface area contributed by atoms with Crippen LogP contribution in [0.25, 0.3) is 10.9 Å². The van der Waals surface area contributed by atoms with Crippen molar-refractivity contribution in [2.75, 3.05) is 38.2 Å². The van der Waals surface area contributed by atoms with Crippen LogP contribution in [0.2, 0.25) is 5.02 Å². The molecule has 0 saturated carbocycles. The molecule has 170 valence electrons. The van der Waals surface area contributed by atoms with Crippen LogP contribution in [-0.2, 0) is 32.5 Å². The maximum Gasteiger partial charge on any atom is 0.238 e. The quantitative estimate of drug-likeness (QED) is 0.536. The number of fused-ring (bicyclic) bond motifs is 1. The topological polar surface area (TPSA) is 120 Å². The number of anilines is 1. The maximum atomic E-state index is 12.5. The second kappa shape index (κ2) is 9.55. The monoisotopic (exact) mass is 477 g/mol. The third kappa shape index (κ3) is 5.45. The molecule has 2 heterocycles. The number of nitrogens with two attached hydrogens (primary N) is 1. The number of ether oxygens (including phenoxy) is 1. The fourth-order valence-corrected chi connectivity index (χ4v) is 4.61. The molecule has 3 N–H and O–H groups in total. The number of halogens is 1. The second-order valence-electron chi connectivity index (χ2n) is 7.61. The first-order chi connectivity index (χ1) is 15.3. The summed E-state index contributed by atoms with van der Waals surface area (Å²) in [6, 6.07) is 10.0. The zero-order valence-electron chi connectivity index (χ0n) is 17.3. The number of sulfonamides is 1. The summed E-state index contributed by atoms with van der Waals surface area (Å²) in [4.78, 5) is 14.7. The molecule has 0 spiro atoms. The van der Waals surface area contributed by atoms with Crippen LogP contribution in [-0.4, -0.2) is 61.9 Å². The molecule has 1 saturated heterocycles. The van der Waals surface area contributed by atoms with Crippen molar-refractivity contribution in [1.82, 2.24) is 14.7 Å². The number of rotatable bonds is 7. The summed E-state index contributed by atoms with van der Waals surface area (Å²) in [7, 11) is -4.03. The van der Waals surface area contributed by atoms with E-state index in [2.05, 4.69) is 15.3 Å². The molecule has 4 rings (SSSR count). The Balaban J connectivity index is 1.56. The number of nitrogens with one attached hydrogen (secondary N) is 1. The van der Waals surface area contributed by atoms with E-state index in [4.69, 9.17) is 21.5 Å². The van der Waals surface area contributed by atoms with E-state index in [1.165, 1.54) is 6.07 Å². The van der Waals surface area contributed by atoms with E-state index in [1.54, 1.807) is 41.2 Å². The van der Waals surface area contributed by atoms with E-state index >= 15 is 0 Å². The number of hydrogen-bond acceptors (Lipinski definition) is 6. The van der Waals surface area contributed by atoms with Crippen molar-refractivity contribution in [3.8, 4) is 0 Å². The van der Waals surface area contributed by atoms with Crippen LogP contribution in [0.4, 0.5) is 5.69 Å². The number of hydrogen-bond donors (Lipinski definition) is 2. The van der Waals surface area contributed by atoms with Crippen LogP contribution in [0.3, 0.4) is 0 Å². The fourth-order valence-electron chi connectivity index (χ4n) is 3.65. The van der Waals surface area contributed by atoms with Crippen molar-refractivity contribution < 1.29 is 17.9 Å². The molecule has 0 bridgehead atoms. The lowest BCUT2D eigenvalue weighted by molar-refractivity contribution is -0.115. The maximum absolute atomic E-state index is 12.5. The molecule has 3 aromatic rings.